The van der Waals surface area contributed by atoms with Crippen molar-refractivity contribution in [1.82, 2.24) is 9.97 Å². The summed E-state index contributed by atoms with van der Waals surface area (Å²) >= 11 is 3.69. The average molecular weight is 336 g/mol. The maximum atomic E-state index is 4.88. The Bertz CT molecular complexity index is 892. The second kappa shape index (κ2) is 6.38. The fourth-order valence-electron chi connectivity index (χ4n) is 2.58. The fraction of sp³-hybridized carbons (Fsp3) is 0.158. The highest BCUT2D eigenvalue weighted by Crippen LogP contribution is 2.37. The second-order valence-corrected chi connectivity index (χ2v) is 7.55. The zero-order valence-electron chi connectivity index (χ0n) is 12.8. The van der Waals surface area contributed by atoms with Crippen LogP contribution in [0.1, 0.15) is 17.0 Å². The molecule has 0 spiro atoms. The van der Waals surface area contributed by atoms with Crippen LogP contribution in [0.5, 0.6) is 0 Å². The predicted molar refractivity (Wildman–Crippen MR) is 101 cm³/mol. The first-order valence-electron chi connectivity index (χ1n) is 7.57. The van der Waals surface area contributed by atoms with E-state index in [0.717, 1.165) is 33.9 Å². The first-order chi connectivity index (χ1) is 11.3. The molecule has 4 heteroatoms. The van der Waals surface area contributed by atoms with Crippen LogP contribution in [-0.2, 0) is 11.5 Å². The highest BCUT2D eigenvalue weighted by atomic mass is 32.2. The minimum atomic E-state index is 0.868. The van der Waals surface area contributed by atoms with Crippen LogP contribution in [0.15, 0.2) is 64.5 Å². The summed E-state index contributed by atoms with van der Waals surface area (Å²) in [7, 11) is 0. The Morgan fingerprint density at radius 2 is 1.39 bits per heavy atom. The lowest BCUT2D eigenvalue weighted by Gasteiger charge is -2.16. The zero-order valence-corrected chi connectivity index (χ0v) is 14.5. The van der Waals surface area contributed by atoms with E-state index in [-0.39, 0.29) is 0 Å². The lowest BCUT2D eigenvalue weighted by atomic mass is 10.2. The monoisotopic (exact) mass is 336 g/mol. The van der Waals surface area contributed by atoms with E-state index in [1.807, 2.05) is 23.5 Å². The van der Waals surface area contributed by atoms with Gasteiger partial charge in [0.25, 0.3) is 0 Å². The predicted octanol–water partition coefficient (Wildman–Crippen LogP) is 5.31. The molecule has 0 atom stereocenters. The molecule has 0 bridgehead atoms. The van der Waals surface area contributed by atoms with E-state index < -0.39 is 0 Å². The van der Waals surface area contributed by atoms with Crippen molar-refractivity contribution in [3.05, 3.63) is 81.4 Å². The molecule has 2 aliphatic rings. The Balaban J connectivity index is 1.74. The molecular formula is C19H16N2S2. The summed E-state index contributed by atoms with van der Waals surface area (Å²) in [6.45, 7) is 2.10. The number of aryl methyl sites for hydroxylation is 1. The number of aromatic nitrogens is 2. The number of fused-ring (bicyclic) bond motifs is 2. The normalized spacial score (nSPS) is 17.3. The van der Waals surface area contributed by atoms with Crippen molar-refractivity contribution in [2.75, 3.05) is 0 Å². The van der Waals surface area contributed by atoms with Gasteiger partial charge in [0.2, 0.25) is 0 Å². The van der Waals surface area contributed by atoms with Gasteiger partial charge in [-0.3, -0.25) is 0 Å². The van der Waals surface area contributed by atoms with E-state index in [1.54, 1.807) is 0 Å². The Labute approximate surface area is 144 Å². The Kier molecular flexibility index (Phi) is 4.10. The average Bonchev–Trinajstić information content (AvgIpc) is 2.51. The van der Waals surface area contributed by atoms with Gasteiger partial charge >= 0.3 is 0 Å². The smallest absolute Gasteiger partial charge is 0.0893 e. The molecule has 1 aliphatic heterocycles. The van der Waals surface area contributed by atoms with Crippen LogP contribution in [0, 0.1) is 6.92 Å². The largest absolute Gasteiger partial charge is 0.248 e. The molecule has 1 aromatic carbocycles. The van der Waals surface area contributed by atoms with Gasteiger partial charge in [0, 0.05) is 21.3 Å². The van der Waals surface area contributed by atoms with E-state index >= 15 is 0 Å². The van der Waals surface area contributed by atoms with Crippen molar-refractivity contribution in [3.63, 3.8) is 0 Å². The molecule has 0 unspecified atom stereocenters. The number of allylic oxidation sites excluding steroid dienone is 6. The van der Waals surface area contributed by atoms with E-state index in [2.05, 4.69) is 61.6 Å². The van der Waals surface area contributed by atoms with E-state index in [0.29, 0.717) is 0 Å². The van der Waals surface area contributed by atoms with Crippen LogP contribution >= 0.6 is 23.5 Å². The first-order valence-corrected chi connectivity index (χ1v) is 9.54. The minimum Gasteiger partial charge on any atom is -0.248 e. The molecule has 0 N–H and O–H groups in total. The Morgan fingerprint density at radius 3 is 2.04 bits per heavy atom. The van der Waals surface area contributed by atoms with Crippen LogP contribution in [0.4, 0.5) is 0 Å². The second-order valence-electron chi connectivity index (χ2n) is 5.52. The quantitative estimate of drug-likeness (QED) is 0.651. The number of nitrogens with zero attached hydrogens (tertiary/aromatic N) is 2. The number of hydrogen-bond acceptors (Lipinski definition) is 4. The zero-order chi connectivity index (χ0) is 15.6. The summed E-state index contributed by atoms with van der Waals surface area (Å²) in [4.78, 5) is 12.4. The van der Waals surface area contributed by atoms with Crippen LogP contribution < -0.4 is 0 Å². The molecule has 0 saturated heterocycles. The topological polar surface area (TPSA) is 25.8 Å². The maximum Gasteiger partial charge on any atom is 0.0893 e. The third kappa shape index (κ3) is 3.14. The summed E-state index contributed by atoms with van der Waals surface area (Å²) < 4.78 is 0. The highest BCUT2D eigenvalue weighted by molar-refractivity contribution is 8.06. The molecule has 1 aromatic heterocycles. The summed E-state index contributed by atoms with van der Waals surface area (Å²) in [6, 6.07) is 6.29. The van der Waals surface area contributed by atoms with Crippen molar-refractivity contribution in [1.29, 1.82) is 0 Å². The molecule has 0 amide bonds. The summed E-state index contributed by atoms with van der Waals surface area (Å²) in [5.41, 5.74) is 5.44. The Hall–Kier alpha value is -1.78. The Morgan fingerprint density at radius 1 is 0.783 bits per heavy atom. The standard InChI is InChI=1S/C19H16N2S2/c1-13-8-9-14-15(10-13)21-17-12-23-19-7-5-3-2-4-6-18(19)22-11-16(17)20-14/h2-10H,11-12H2,1H3. The van der Waals surface area contributed by atoms with Gasteiger partial charge in [-0.1, -0.05) is 30.4 Å². The number of benzene rings is 1. The lowest BCUT2D eigenvalue weighted by Crippen LogP contribution is -2.03. The molecule has 0 radical (unpaired) electrons. The molecule has 2 nitrogen and oxygen atoms in total. The van der Waals surface area contributed by atoms with E-state index in [4.69, 9.17) is 9.97 Å². The molecule has 0 fully saturated rings. The fourth-order valence-corrected chi connectivity index (χ4v) is 4.75. The highest BCUT2D eigenvalue weighted by Gasteiger charge is 2.16. The molecule has 4 rings (SSSR count). The number of hydrogen-bond donors (Lipinski definition) is 0. The number of thioether (sulfide) groups is 2. The number of rotatable bonds is 0. The molecule has 1 aliphatic carbocycles. The molecule has 23 heavy (non-hydrogen) atoms. The van der Waals surface area contributed by atoms with Gasteiger partial charge in [-0.25, -0.2) is 9.97 Å². The third-order valence-electron chi connectivity index (χ3n) is 3.78. The molecule has 0 saturated carbocycles. The van der Waals surface area contributed by atoms with Gasteiger partial charge in [-0.15, -0.1) is 23.5 Å². The SMILES string of the molecule is Cc1ccc2nc3c(nc2c1)CSC1=C(C=CC=CC=C1)SC3. The van der Waals surface area contributed by atoms with Crippen molar-refractivity contribution < 1.29 is 0 Å². The van der Waals surface area contributed by atoms with Crippen LogP contribution in [-0.4, -0.2) is 9.97 Å². The summed E-state index contributed by atoms with van der Waals surface area (Å²) in [5, 5.41) is 0. The minimum absolute atomic E-state index is 0.868. The summed E-state index contributed by atoms with van der Waals surface area (Å²) in [6.07, 6.45) is 12.7. The first kappa shape index (κ1) is 14.8. The molecule has 2 heterocycles. The molecule has 114 valence electrons. The lowest BCUT2D eigenvalue weighted by molar-refractivity contribution is 1.07. The molecule has 2 aromatic rings. The van der Waals surface area contributed by atoms with Gasteiger partial charge in [-0.05, 0) is 36.8 Å². The van der Waals surface area contributed by atoms with E-state index in [1.165, 1.54) is 15.4 Å². The van der Waals surface area contributed by atoms with Gasteiger partial charge in [0.15, 0.2) is 0 Å². The van der Waals surface area contributed by atoms with Crippen LogP contribution in [0.2, 0.25) is 0 Å². The van der Waals surface area contributed by atoms with Crippen LogP contribution in [0.25, 0.3) is 11.0 Å². The van der Waals surface area contributed by atoms with Gasteiger partial charge in [-0.2, -0.15) is 0 Å². The van der Waals surface area contributed by atoms with Crippen molar-refractivity contribution in [2.24, 2.45) is 0 Å². The van der Waals surface area contributed by atoms with Crippen molar-refractivity contribution in [2.45, 2.75) is 18.4 Å². The van der Waals surface area contributed by atoms with Gasteiger partial charge < -0.3 is 0 Å². The third-order valence-corrected chi connectivity index (χ3v) is 6.07. The maximum absolute atomic E-state index is 4.88. The molecular weight excluding hydrogens is 320 g/mol. The summed E-state index contributed by atoms with van der Waals surface area (Å²) in [5.74, 6) is 1.74. The van der Waals surface area contributed by atoms with Crippen LogP contribution in [0.3, 0.4) is 0 Å². The van der Waals surface area contributed by atoms with E-state index in [9.17, 15) is 0 Å². The van der Waals surface area contributed by atoms with Gasteiger partial charge in [0.1, 0.15) is 0 Å². The van der Waals surface area contributed by atoms with Gasteiger partial charge in [0.05, 0.1) is 22.4 Å². The van der Waals surface area contributed by atoms with Crippen molar-refractivity contribution in [3.8, 4) is 0 Å². The van der Waals surface area contributed by atoms with Crippen molar-refractivity contribution >= 4 is 34.6 Å².